The predicted molar refractivity (Wildman–Crippen MR) is 69.1 cm³/mol. The summed E-state index contributed by atoms with van der Waals surface area (Å²) in [4.78, 5) is 7.04. The summed E-state index contributed by atoms with van der Waals surface area (Å²) in [6.45, 7) is 2.23. The van der Waals surface area contributed by atoms with Gasteiger partial charge >= 0.3 is 0 Å². The molecular formula is C11H14IN3. The maximum Gasteiger partial charge on any atom is 0.129 e. The summed E-state index contributed by atoms with van der Waals surface area (Å²) in [5.41, 5.74) is 0. The van der Waals surface area contributed by atoms with E-state index < -0.39 is 0 Å². The minimum atomic E-state index is 0.663. The van der Waals surface area contributed by atoms with Crippen LogP contribution in [0.3, 0.4) is 0 Å². The minimum Gasteiger partial charge on any atom is -0.348 e. The van der Waals surface area contributed by atoms with Gasteiger partial charge in [-0.1, -0.05) is 0 Å². The van der Waals surface area contributed by atoms with Crippen molar-refractivity contribution in [2.75, 3.05) is 18.0 Å². The zero-order valence-corrected chi connectivity index (χ0v) is 10.6. The Hall–Kier alpha value is -0.360. The van der Waals surface area contributed by atoms with Crippen LogP contribution in [0.5, 0.6) is 0 Å². The highest BCUT2D eigenvalue weighted by atomic mass is 127. The molecule has 0 aromatic carbocycles. The summed E-state index contributed by atoms with van der Waals surface area (Å²) in [6.07, 6.45) is 4.58. The lowest BCUT2D eigenvalue weighted by Gasteiger charge is -2.36. The zero-order chi connectivity index (χ0) is 10.3. The van der Waals surface area contributed by atoms with E-state index >= 15 is 0 Å². The number of aromatic nitrogens is 1. The van der Waals surface area contributed by atoms with Crippen LogP contribution in [0.2, 0.25) is 0 Å². The highest BCUT2D eigenvalue weighted by Gasteiger charge is 2.36. The average Bonchev–Trinajstić information content (AvgIpc) is 2.51. The summed E-state index contributed by atoms with van der Waals surface area (Å²) < 4.78 is 1.21. The van der Waals surface area contributed by atoms with Gasteiger partial charge in [-0.25, -0.2) is 4.98 Å². The number of halogens is 1. The molecule has 15 heavy (non-hydrogen) atoms. The maximum absolute atomic E-state index is 4.53. The second kappa shape index (κ2) is 3.90. The SMILES string of the molecule is Ic1ccc(N2C3CCC2CNC3)nc1. The van der Waals surface area contributed by atoms with Gasteiger partial charge in [0.1, 0.15) is 5.82 Å². The fourth-order valence-corrected chi connectivity index (χ4v) is 2.99. The van der Waals surface area contributed by atoms with Crippen molar-refractivity contribution in [2.24, 2.45) is 0 Å². The predicted octanol–water partition coefficient (Wildman–Crippen LogP) is 1.63. The van der Waals surface area contributed by atoms with Gasteiger partial charge in [-0.05, 0) is 47.6 Å². The molecule has 80 valence electrons. The maximum atomic E-state index is 4.53. The normalized spacial score (nSPS) is 29.5. The van der Waals surface area contributed by atoms with Crippen molar-refractivity contribution in [1.82, 2.24) is 10.3 Å². The van der Waals surface area contributed by atoms with E-state index in [1.807, 2.05) is 6.20 Å². The van der Waals surface area contributed by atoms with Crippen LogP contribution in [0.1, 0.15) is 12.8 Å². The average molecular weight is 315 g/mol. The van der Waals surface area contributed by atoms with E-state index in [0.717, 1.165) is 18.9 Å². The molecule has 0 saturated carbocycles. The van der Waals surface area contributed by atoms with Crippen LogP contribution in [-0.4, -0.2) is 30.2 Å². The molecular weight excluding hydrogens is 301 g/mol. The number of pyridine rings is 1. The quantitative estimate of drug-likeness (QED) is 0.799. The molecule has 0 amide bonds. The van der Waals surface area contributed by atoms with Gasteiger partial charge in [-0.15, -0.1) is 0 Å². The van der Waals surface area contributed by atoms with E-state index in [-0.39, 0.29) is 0 Å². The molecule has 1 aromatic rings. The van der Waals surface area contributed by atoms with Crippen LogP contribution in [-0.2, 0) is 0 Å². The number of nitrogens with one attached hydrogen (secondary N) is 1. The third kappa shape index (κ3) is 1.73. The summed E-state index contributed by atoms with van der Waals surface area (Å²) in [7, 11) is 0. The Labute approximate surface area is 103 Å². The summed E-state index contributed by atoms with van der Waals surface area (Å²) in [5.74, 6) is 1.16. The molecule has 2 aliphatic heterocycles. The Bertz CT molecular complexity index is 335. The molecule has 2 fully saturated rings. The van der Waals surface area contributed by atoms with Crippen molar-refractivity contribution in [3.8, 4) is 0 Å². The summed E-state index contributed by atoms with van der Waals surface area (Å²) in [6, 6.07) is 5.62. The lowest BCUT2D eigenvalue weighted by atomic mass is 10.2. The number of hydrogen-bond acceptors (Lipinski definition) is 3. The number of piperazine rings is 1. The molecule has 0 aliphatic carbocycles. The Morgan fingerprint density at radius 3 is 2.60 bits per heavy atom. The van der Waals surface area contributed by atoms with Crippen molar-refractivity contribution in [3.05, 3.63) is 21.9 Å². The molecule has 2 saturated heterocycles. The third-order valence-electron chi connectivity index (χ3n) is 3.36. The van der Waals surface area contributed by atoms with Crippen LogP contribution < -0.4 is 10.2 Å². The van der Waals surface area contributed by atoms with Gasteiger partial charge in [0.05, 0.1) is 0 Å². The van der Waals surface area contributed by atoms with E-state index in [1.54, 1.807) is 0 Å². The second-order valence-corrected chi connectivity index (χ2v) is 5.53. The topological polar surface area (TPSA) is 28.2 Å². The van der Waals surface area contributed by atoms with Gasteiger partial charge in [0.25, 0.3) is 0 Å². The molecule has 2 unspecified atom stereocenters. The molecule has 0 spiro atoms. The van der Waals surface area contributed by atoms with E-state index in [1.165, 1.54) is 16.4 Å². The van der Waals surface area contributed by atoms with Crippen LogP contribution in [0, 0.1) is 3.57 Å². The van der Waals surface area contributed by atoms with Crippen molar-refractivity contribution >= 4 is 28.4 Å². The van der Waals surface area contributed by atoms with Crippen LogP contribution in [0.15, 0.2) is 18.3 Å². The molecule has 2 bridgehead atoms. The monoisotopic (exact) mass is 315 g/mol. The fraction of sp³-hybridized carbons (Fsp3) is 0.545. The van der Waals surface area contributed by atoms with Gasteiger partial charge in [0.2, 0.25) is 0 Å². The molecule has 0 radical (unpaired) electrons. The van der Waals surface area contributed by atoms with Gasteiger partial charge in [-0.2, -0.15) is 0 Å². The third-order valence-corrected chi connectivity index (χ3v) is 3.99. The molecule has 2 atom stereocenters. The molecule has 2 aliphatic rings. The molecule has 3 nitrogen and oxygen atoms in total. The number of rotatable bonds is 1. The van der Waals surface area contributed by atoms with Gasteiger partial charge < -0.3 is 10.2 Å². The number of anilines is 1. The Kier molecular flexibility index (Phi) is 2.56. The first-order valence-electron chi connectivity index (χ1n) is 5.45. The zero-order valence-electron chi connectivity index (χ0n) is 8.49. The lowest BCUT2D eigenvalue weighted by Crippen LogP contribution is -2.52. The lowest BCUT2D eigenvalue weighted by molar-refractivity contribution is 0.481. The summed E-state index contributed by atoms with van der Waals surface area (Å²) >= 11 is 2.30. The first-order chi connectivity index (χ1) is 7.34. The Morgan fingerprint density at radius 2 is 2.00 bits per heavy atom. The number of nitrogens with zero attached hydrogens (tertiary/aromatic N) is 2. The highest BCUT2D eigenvalue weighted by molar-refractivity contribution is 14.1. The molecule has 1 aromatic heterocycles. The fourth-order valence-electron chi connectivity index (χ4n) is 2.67. The van der Waals surface area contributed by atoms with Gasteiger partial charge in [0.15, 0.2) is 0 Å². The Morgan fingerprint density at radius 1 is 1.27 bits per heavy atom. The second-order valence-electron chi connectivity index (χ2n) is 4.29. The van der Waals surface area contributed by atoms with E-state index in [0.29, 0.717) is 12.1 Å². The standard InChI is InChI=1S/C11H14IN3/c12-8-1-4-11(14-5-8)15-9-2-3-10(15)7-13-6-9/h1,4-5,9-10,13H,2-3,6-7H2. The first kappa shape index (κ1) is 9.84. The van der Waals surface area contributed by atoms with Gasteiger partial charge in [-0.3, -0.25) is 0 Å². The van der Waals surface area contributed by atoms with Gasteiger partial charge in [0, 0.05) is 34.9 Å². The van der Waals surface area contributed by atoms with Crippen molar-refractivity contribution in [3.63, 3.8) is 0 Å². The molecule has 3 rings (SSSR count). The number of hydrogen-bond donors (Lipinski definition) is 1. The van der Waals surface area contributed by atoms with E-state index in [9.17, 15) is 0 Å². The van der Waals surface area contributed by atoms with Crippen LogP contribution in [0.25, 0.3) is 0 Å². The minimum absolute atomic E-state index is 0.663. The summed E-state index contributed by atoms with van der Waals surface area (Å²) in [5, 5.41) is 3.49. The first-order valence-corrected chi connectivity index (χ1v) is 6.53. The largest absolute Gasteiger partial charge is 0.348 e. The van der Waals surface area contributed by atoms with E-state index in [4.69, 9.17) is 0 Å². The van der Waals surface area contributed by atoms with Crippen LogP contribution >= 0.6 is 22.6 Å². The number of fused-ring (bicyclic) bond motifs is 2. The smallest absolute Gasteiger partial charge is 0.129 e. The van der Waals surface area contributed by atoms with Crippen molar-refractivity contribution in [2.45, 2.75) is 24.9 Å². The molecule has 4 heteroatoms. The molecule has 3 heterocycles. The van der Waals surface area contributed by atoms with Crippen molar-refractivity contribution < 1.29 is 0 Å². The molecule has 1 N–H and O–H groups in total. The van der Waals surface area contributed by atoms with Crippen LogP contribution in [0.4, 0.5) is 5.82 Å². The van der Waals surface area contributed by atoms with E-state index in [2.05, 4.69) is 49.9 Å². The van der Waals surface area contributed by atoms with Crippen molar-refractivity contribution in [1.29, 1.82) is 0 Å². The Balaban J connectivity index is 1.90. The highest BCUT2D eigenvalue weighted by Crippen LogP contribution is 2.30.